The molecule has 3 heterocycles. The maximum absolute atomic E-state index is 11.9. The predicted molar refractivity (Wildman–Crippen MR) is 75.7 cm³/mol. The van der Waals surface area contributed by atoms with E-state index in [1.54, 1.807) is 0 Å². The van der Waals surface area contributed by atoms with Gasteiger partial charge in [0, 0.05) is 6.54 Å². The van der Waals surface area contributed by atoms with Crippen LogP contribution >= 0.6 is 0 Å². The zero-order chi connectivity index (χ0) is 13.9. The molecule has 0 radical (unpaired) electrons. The molecule has 3 aliphatic heterocycles. The third kappa shape index (κ3) is 3.12. The topological polar surface area (TPSA) is 38.8 Å². The monoisotopic (exact) mass is 275 g/mol. The molecular formula is C16H21NO3. The lowest BCUT2D eigenvalue weighted by Gasteiger charge is -2.43. The lowest BCUT2D eigenvalue weighted by atomic mass is 9.86. The van der Waals surface area contributed by atoms with Gasteiger partial charge in [-0.1, -0.05) is 12.1 Å². The Kier molecular flexibility index (Phi) is 3.92. The third-order valence-corrected chi connectivity index (χ3v) is 4.23. The van der Waals surface area contributed by atoms with Crippen molar-refractivity contribution in [2.24, 2.45) is 5.92 Å². The molecule has 0 amide bonds. The highest BCUT2D eigenvalue weighted by Gasteiger charge is 2.36. The number of ether oxygens (including phenoxy) is 2. The second-order valence-corrected chi connectivity index (χ2v) is 5.77. The summed E-state index contributed by atoms with van der Waals surface area (Å²) in [5.74, 6) is 1.00. The van der Waals surface area contributed by atoms with Gasteiger partial charge in [0.15, 0.2) is 6.61 Å². The smallest absolute Gasteiger partial charge is 0.344 e. The maximum Gasteiger partial charge on any atom is 0.344 e. The summed E-state index contributed by atoms with van der Waals surface area (Å²) < 4.78 is 11.1. The second-order valence-electron chi connectivity index (χ2n) is 5.77. The van der Waals surface area contributed by atoms with E-state index < -0.39 is 0 Å². The number of rotatable bonds is 4. The minimum absolute atomic E-state index is 0.00727. The molecule has 2 bridgehead atoms. The van der Waals surface area contributed by atoms with Crippen LogP contribution in [0.4, 0.5) is 0 Å². The van der Waals surface area contributed by atoms with E-state index in [2.05, 4.69) is 4.90 Å². The molecule has 1 atom stereocenters. The number of aryl methyl sites for hydroxylation is 1. The molecule has 3 fully saturated rings. The van der Waals surface area contributed by atoms with Gasteiger partial charge >= 0.3 is 5.97 Å². The van der Waals surface area contributed by atoms with E-state index in [-0.39, 0.29) is 18.7 Å². The molecule has 0 aromatic heterocycles. The van der Waals surface area contributed by atoms with E-state index in [4.69, 9.17) is 9.47 Å². The number of esters is 1. The van der Waals surface area contributed by atoms with E-state index >= 15 is 0 Å². The van der Waals surface area contributed by atoms with Gasteiger partial charge in [0.1, 0.15) is 11.9 Å². The van der Waals surface area contributed by atoms with Crippen LogP contribution in [0.1, 0.15) is 18.4 Å². The van der Waals surface area contributed by atoms with Crippen molar-refractivity contribution in [2.75, 3.05) is 26.2 Å². The summed E-state index contributed by atoms with van der Waals surface area (Å²) in [5, 5.41) is 0. The fourth-order valence-electron chi connectivity index (χ4n) is 3.09. The van der Waals surface area contributed by atoms with Crippen LogP contribution in [0.3, 0.4) is 0 Å². The highest BCUT2D eigenvalue weighted by atomic mass is 16.6. The third-order valence-electron chi connectivity index (χ3n) is 4.23. The van der Waals surface area contributed by atoms with Crippen molar-refractivity contribution in [1.82, 2.24) is 4.90 Å². The molecule has 0 spiro atoms. The standard InChI is InChI=1S/C16H21NO3/c1-12-3-2-4-14(9-12)19-11-16(18)20-15-10-17-7-5-13(15)6-8-17/h2-4,9,13,15H,5-8,10-11H2,1H3/t15-/m1/s1. The lowest BCUT2D eigenvalue weighted by Crippen LogP contribution is -2.52. The number of nitrogens with zero attached hydrogens (tertiary/aromatic N) is 1. The molecule has 1 aromatic carbocycles. The zero-order valence-electron chi connectivity index (χ0n) is 11.9. The van der Waals surface area contributed by atoms with Crippen molar-refractivity contribution in [3.05, 3.63) is 29.8 Å². The number of hydrogen-bond acceptors (Lipinski definition) is 4. The van der Waals surface area contributed by atoms with Gasteiger partial charge in [-0.15, -0.1) is 0 Å². The molecule has 0 unspecified atom stereocenters. The van der Waals surface area contributed by atoms with Gasteiger partial charge in [-0.05, 0) is 56.5 Å². The van der Waals surface area contributed by atoms with Crippen molar-refractivity contribution >= 4 is 5.97 Å². The van der Waals surface area contributed by atoms with Crippen LogP contribution in [0.2, 0.25) is 0 Å². The summed E-state index contributed by atoms with van der Waals surface area (Å²) in [6, 6.07) is 7.69. The first-order valence-electron chi connectivity index (χ1n) is 7.32. The van der Waals surface area contributed by atoms with Crippen molar-refractivity contribution in [1.29, 1.82) is 0 Å². The Labute approximate surface area is 119 Å². The van der Waals surface area contributed by atoms with Crippen LogP contribution in [-0.2, 0) is 9.53 Å². The predicted octanol–water partition coefficient (Wildman–Crippen LogP) is 2.01. The van der Waals surface area contributed by atoms with Crippen LogP contribution in [-0.4, -0.2) is 43.2 Å². The normalized spacial score (nSPS) is 28.1. The van der Waals surface area contributed by atoms with Crippen LogP contribution in [0.25, 0.3) is 0 Å². The minimum Gasteiger partial charge on any atom is -0.482 e. The number of hydrogen-bond donors (Lipinski definition) is 0. The molecule has 4 heteroatoms. The molecule has 3 saturated heterocycles. The summed E-state index contributed by atoms with van der Waals surface area (Å²) >= 11 is 0. The first-order chi connectivity index (χ1) is 9.70. The van der Waals surface area contributed by atoms with Gasteiger partial charge < -0.3 is 9.47 Å². The summed E-state index contributed by atoms with van der Waals surface area (Å²) in [6.07, 6.45) is 2.36. The molecule has 108 valence electrons. The van der Waals surface area contributed by atoms with Gasteiger partial charge in [0.25, 0.3) is 0 Å². The first-order valence-corrected chi connectivity index (χ1v) is 7.32. The molecule has 4 rings (SSSR count). The van der Waals surface area contributed by atoms with Gasteiger partial charge in [0.05, 0.1) is 0 Å². The summed E-state index contributed by atoms with van der Waals surface area (Å²) in [4.78, 5) is 14.3. The minimum atomic E-state index is -0.259. The largest absolute Gasteiger partial charge is 0.482 e. The highest BCUT2D eigenvalue weighted by molar-refractivity contribution is 5.71. The van der Waals surface area contributed by atoms with E-state index in [0.29, 0.717) is 5.92 Å². The average Bonchev–Trinajstić information content (AvgIpc) is 2.46. The van der Waals surface area contributed by atoms with Crippen LogP contribution in [0.5, 0.6) is 5.75 Å². The number of carbonyl (C=O) groups is 1. The number of fused-ring (bicyclic) bond motifs is 3. The Morgan fingerprint density at radius 1 is 1.35 bits per heavy atom. The number of benzene rings is 1. The lowest BCUT2D eigenvalue weighted by molar-refractivity contribution is -0.161. The van der Waals surface area contributed by atoms with E-state index in [0.717, 1.165) is 43.8 Å². The Balaban J connectivity index is 1.48. The van der Waals surface area contributed by atoms with Gasteiger partial charge in [0.2, 0.25) is 0 Å². The summed E-state index contributed by atoms with van der Waals surface area (Å²) in [7, 11) is 0. The first kappa shape index (κ1) is 13.4. The zero-order valence-corrected chi connectivity index (χ0v) is 11.9. The Bertz CT molecular complexity index is 480. The highest BCUT2D eigenvalue weighted by Crippen LogP contribution is 2.29. The summed E-state index contributed by atoms with van der Waals surface area (Å²) in [6.45, 7) is 5.18. The fourth-order valence-corrected chi connectivity index (χ4v) is 3.09. The second kappa shape index (κ2) is 5.83. The molecule has 0 aliphatic carbocycles. The van der Waals surface area contributed by atoms with Gasteiger partial charge in [-0.2, -0.15) is 0 Å². The SMILES string of the molecule is Cc1cccc(OCC(=O)O[C@@H]2CN3CCC2CC3)c1. The fraction of sp³-hybridized carbons (Fsp3) is 0.562. The number of piperidine rings is 3. The van der Waals surface area contributed by atoms with Crippen LogP contribution < -0.4 is 4.74 Å². The number of carbonyl (C=O) groups excluding carboxylic acids is 1. The van der Waals surface area contributed by atoms with Crippen LogP contribution in [0, 0.1) is 12.8 Å². The van der Waals surface area contributed by atoms with E-state index in [1.165, 1.54) is 0 Å². The Hall–Kier alpha value is -1.55. The molecule has 4 nitrogen and oxygen atoms in total. The Morgan fingerprint density at radius 2 is 2.15 bits per heavy atom. The molecule has 3 aliphatic rings. The Morgan fingerprint density at radius 3 is 2.80 bits per heavy atom. The van der Waals surface area contributed by atoms with Gasteiger partial charge in [-0.3, -0.25) is 4.90 Å². The summed E-state index contributed by atoms with van der Waals surface area (Å²) in [5.41, 5.74) is 1.12. The molecule has 1 aromatic rings. The van der Waals surface area contributed by atoms with Crippen molar-refractivity contribution in [3.63, 3.8) is 0 Å². The van der Waals surface area contributed by atoms with Crippen molar-refractivity contribution in [2.45, 2.75) is 25.9 Å². The van der Waals surface area contributed by atoms with E-state index in [9.17, 15) is 4.79 Å². The molecule has 0 N–H and O–H groups in total. The average molecular weight is 275 g/mol. The van der Waals surface area contributed by atoms with Crippen LogP contribution in [0.15, 0.2) is 24.3 Å². The molecular weight excluding hydrogens is 254 g/mol. The molecule has 20 heavy (non-hydrogen) atoms. The van der Waals surface area contributed by atoms with Gasteiger partial charge in [-0.25, -0.2) is 4.79 Å². The maximum atomic E-state index is 11.9. The van der Waals surface area contributed by atoms with Crippen molar-refractivity contribution in [3.8, 4) is 5.75 Å². The van der Waals surface area contributed by atoms with E-state index in [1.807, 2.05) is 31.2 Å². The quantitative estimate of drug-likeness (QED) is 0.788. The molecule has 0 saturated carbocycles. The van der Waals surface area contributed by atoms with Crippen molar-refractivity contribution < 1.29 is 14.3 Å².